The molecule has 0 saturated carbocycles. The summed E-state index contributed by atoms with van der Waals surface area (Å²) in [6, 6.07) is 10.1. The molecular weight excluding hydrogens is 457 g/mol. The van der Waals surface area contributed by atoms with E-state index in [2.05, 4.69) is 10.6 Å². The van der Waals surface area contributed by atoms with Crippen LogP contribution in [-0.4, -0.2) is 37.0 Å². The lowest BCUT2D eigenvalue weighted by molar-refractivity contribution is -0.147. The van der Waals surface area contributed by atoms with Gasteiger partial charge in [0.15, 0.2) is 6.61 Å². The zero-order chi connectivity index (χ0) is 25.1. The summed E-state index contributed by atoms with van der Waals surface area (Å²) < 4.78 is 47.8. The van der Waals surface area contributed by atoms with E-state index in [4.69, 9.17) is 9.47 Å². The van der Waals surface area contributed by atoms with E-state index in [-0.39, 0.29) is 31.6 Å². The van der Waals surface area contributed by atoms with Crippen molar-refractivity contribution in [2.24, 2.45) is 0 Å². The van der Waals surface area contributed by atoms with Crippen LogP contribution in [-0.2, 0) is 30.0 Å². The average Bonchev–Trinajstić information content (AvgIpc) is 2.78. The van der Waals surface area contributed by atoms with Crippen molar-refractivity contribution in [3.63, 3.8) is 0 Å². The highest BCUT2D eigenvalue weighted by atomic mass is 19.4. The Kier molecular flexibility index (Phi) is 9.60. The van der Waals surface area contributed by atoms with Gasteiger partial charge in [0.05, 0.1) is 17.7 Å². The smallest absolute Gasteiger partial charge is 0.416 e. The van der Waals surface area contributed by atoms with Crippen LogP contribution in [0, 0.1) is 0 Å². The minimum atomic E-state index is -4.52. The van der Waals surface area contributed by atoms with Crippen molar-refractivity contribution in [3.05, 3.63) is 59.7 Å². The zero-order valence-electron chi connectivity index (χ0n) is 18.2. The fourth-order valence-corrected chi connectivity index (χ4v) is 2.71. The highest BCUT2D eigenvalue weighted by Gasteiger charge is 2.30. The molecule has 0 atom stereocenters. The van der Waals surface area contributed by atoms with Crippen LogP contribution >= 0.6 is 0 Å². The third-order valence-electron chi connectivity index (χ3n) is 4.30. The number of rotatable bonds is 10. The van der Waals surface area contributed by atoms with Gasteiger partial charge in [-0.05, 0) is 55.8 Å². The van der Waals surface area contributed by atoms with Crippen LogP contribution in [0.1, 0.15) is 42.1 Å². The number of halogens is 3. The van der Waals surface area contributed by atoms with Crippen molar-refractivity contribution in [2.45, 2.75) is 32.4 Å². The van der Waals surface area contributed by atoms with E-state index >= 15 is 0 Å². The van der Waals surface area contributed by atoms with Crippen LogP contribution in [0.4, 0.5) is 24.5 Å². The molecule has 182 valence electrons. The lowest BCUT2D eigenvalue weighted by Crippen LogP contribution is -2.21. The van der Waals surface area contributed by atoms with Gasteiger partial charge in [0, 0.05) is 24.2 Å². The third kappa shape index (κ3) is 8.93. The summed E-state index contributed by atoms with van der Waals surface area (Å²) in [5, 5.41) is 4.84. The number of anilines is 2. The Balaban J connectivity index is 1.68. The van der Waals surface area contributed by atoms with Gasteiger partial charge in [0.1, 0.15) is 0 Å². The first-order valence-electron chi connectivity index (χ1n) is 10.3. The van der Waals surface area contributed by atoms with Gasteiger partial charge in [-0.25, -0.2) is 4.79 Å². The maximum absolute atomic E-state index is 12.7. The lowest BCUT2D eigenvalue weighted by Gasteiger charge is -2.10. The Hall–Kier alpha value is -3.89. The van der Waals surface area contributed by atoms with Crippen molar-refractivity contribution in [1.29, 1.82) is 0 Å². The maximum Gasteiger partial charge on any atom is 0.416 e. The predicted octanol–water partition coefficient (Wildman–Crippen LogP) is 4.17. The molecule has 2 aromatic rings. The van der Waals surface area contributed by atoms with Crippen LogP contribution < -0.4 is 10.6 Å². The number of alkyl halides is 3. The number of esters is 2. The number of amides is 2. The first-order valence-corrected chi connectivity index (χ1v) is 10.3. The monoisotopic (exact) mass is 480 g/mol. The maximum atomic E-state index is 12.7. The molecule has 0 aliphatic rings. The molecule has 0 spiro atoms. The largest absolute Gasteiger partial charge is 0.462 e. The van der Waals surface area contributed by atoms with Gasteiger partial charge in [-0.2, -0.15) is 13.2 Å². The summed E-state index contributed by atoms with van der Waals surface area (Å²) in [6.45, 7) is 1.38. The summed E-state index contributed by atoms with van der Waals surface area (Å²) in [5.41, 5.74) is -0.180. The second-order valence-electron chi connectivity index (χ2n) is 6.99. The number of carbonyl (C=O) groups excluding carboxylic acids is 4. The van der Waals surface area contributed by atoms with Gasteiger partial charge < -0.3 is 20.1 Å². The number of nitrogens with one attached hydrogen (secondary N) is 2. The number of carbonyl (C=O) groups is 4. The molecule has 0 heterocycles. The van der Waals surface area contributed by atoms with E-state index < -0.39 is 42.1 Å². The minimum Gasteiger partial charge on any atom is -0.462 e. The molecule has 0 radical (unpaired) electrons. The summed E-state index contributed by atoms with van der Waals surface area (Å²) >= 11 is 0. The molecule has 34 heavy (non-hydrogen) atoms. The van der Waals surface area contributed by atoms with Crippen molar-refractivity contribution in [3.8, 4) is 0 Å². The molecule has 0 unspecified atom stereocenters. The number of benzene rings is 2. The fraction of sp³-hybridized carbons (Fsp3) is 0.304. The van der Waals surface area contributed by atoms with Gasteiger partial charge in [-0.15, -0.1) is 0 Å². The summed E-state index contributed by atoms with van der Waals surface area (Å²) in [7, 11) is 0. The predicted molar refractivity (Wildman–Crippen MR) is 116 cm³/mol. The highest BCUT2D eigenvalue weighted by molar-refractivity contribution is 5.94. The Morgan fingerprint density at radius 1 is 0.853 bits per heavy atom. The molecule has 2 N–H and O–H groups in total. The van der Waals surface area contributed by atoms with E-state index in [0.29, 0.717) is 11.3 Å². The van der Waals surface area contributed by atoms with Crippen molar-refractivity contribution in [1.82, 2.24) is 0 Å². The first-order chi connectivity index (χ1) is 16.1. The van der Waals surface area contributed by atoms with E-state index in [1.165, 1.54) is 36.4 Å². The van der Waals surface area contributed by atoms with Crippen LogP contribution in [0.2, 0.25) is 0 Å². The van der Waals surface area contributed by atoms with E-state index in [1.54, 1.807) is 6.92 Å². The quantitative estimate of drug-likeness (QED) is 0.494. The standard InChI is InChI=1S/C23H23F3N2O6/c1-2-33-22(32)15-9-11-17(12-10-15)27-20(30)14-34-21(31)8-4-7-19(29)28-18-6-3-5-16(13-18)23(24,25)26/h3,5-6,9-13H,2,4,7-8,14H2,1H3,(H,27,30)(H,28,29). The van der Waals surface area contributed by atoms with Crippen LogP contribution in [0.15, 0.2) is 48.5 Å². The molecule has 2 aromatic carbocycles. The van der Waals surface area contributed by atoms with Gasteiger partial charge >= 0.3 is 18.1 Å². The molecule has 0 aliphatic heterocycles. The Morgan fingerprint density at radius 2 is 1.53 bits per heavy atom. The van der Waals surface area contributed by atoms with Crippen LogP contribution in [0.25, 0.3) is 0 Å². The van der Waals surface area contributed by atoms with E-state index in [9.17, 15) is 32.3 Å². The van der Waals surface area contributed by atoms with Crippen molar-refractivity contribution < 1.29 is 41.8 Å². The SMILES string of the molecule is CCOC(=O)c1ccc(NC(=O)COC(=O)CCCC(=O)Nc2cccc(C(F)(F)F)c2)cc1. The molecule has 2 rings (SSSR count). The Bertz CT molecular complexity index is 1020. The van der Waals surface area contributed by atoms with E-state index in [1.807, 2.05) is 0 Å². The molecule has 0 aliphatic carbocycles. The normalized spacial score (nSPS) is 10.8. The average molecular weight is 480 g/mol. The topological polar surface area (TPSA) is 111 Å². The van der Waals surface area contributed by atoms with Gasteiger partial charge in [-0.1, -0.05) is 6.07 Å². The summed E-state index contributed by atoms with van der Waals surface area (Å²) in [5.74, 6) is -2.35. The van der Waals surface area contributed by atoms with Gasteiger partial charge in [-0.3, -0.25) is 14.4 Å². The van der Waals surface area contributed by atoms with Gasteiger partial charge in [0.2, 0.25) is 5.91 Å². The Labute approximate surface area is 193 Å². The molecule has 8 nitrogen and oxygen atoms in total. The minimum absolute atomic E-state index is 0.00522. The second-order valence-corrected chi connectivity index (χ2v) is 6.99. The van der Waals surface area contributed by atoms with Gasteiger partial charge in [0.25, 0.3) is 5.91 Å². The molecule has 0 fully saturated rings. The number of hydrogen-bond acceptors (Lipinski definition) is 6. The van der Waals surface area contributed by atoms with Crippen LogP contribution in [0.3, 0.4) is 0 Å². The summed E-state index contributed by atoms with van der Waals surface area (Å²) in [4.78, 5) is 47.1. The van der Waals surface area contributed by atoms with Crippen molar-refractivity contribution >= 4 is 35.1 Å². The molecule has 0 saturated heterocycles. The lowest BCUT2D eigenvalue weighted by atomic mass is 10.2. The summed E-state index contributed by atoms with van der Waals surface area (Å²) in [6.07, 6.45) is -4.72. The number of hydrogen-bond donors (Lipinski definition) is 2. The number of ether oxygens (including phenoxy) is 2. The van der Waals surface area contributed by atoms with Crippen LogP contribution in [0.5, 0.6) is 0 Å². The molecule has 2 amide bonds. The first kappa shape index (κ1) is 26.4. The second kappa shape index (κ2) is 12.4. The van der Waals surface area contributed by atoms with E-state index in [0.717, 1.165) is 12.1 Å². The zero-order valence-corrected chi connectivity index (χ0v) is 18.2. The highest BCUT2D eigenvalue weighted by Crippen LogP contribution is 2.30. The molecule has 0 aromatic heterocycles. The molecule has 0 bridgehead atoms. The molecular formula is C23H23F3N2O6. The molecule has 11 heteroatoms. The fourth-order valence-electron chi connectivity index (χ4n) is 2.71. The van der Waals surface area contributed by atoms with Crippen molar-refractivity contribution in [2.75, 3.05) is 23.8 Å². The Morgan fingerprint density at radius 3 is 2.18 bits per heavy atom. The third-order valence-corrected chi connectivity index (χ3v) is 4.30.